The summed E-state index contributed by atoms with van der Waals surface area (Å²) in [5, 5.41) is 4.98. The van der Waals surface area contributed by atoms with Crippen LogP contribution >= 0.6 is 0 Å². The number of pyridine rings is 1. The molecule has 3 aromatic rings. The van der Waals surface area contributed by atoms with Crippen LogP contribution in [0.25, 0.3) is 0 Å². The first-order chi connectivity index (χ1) is 16.2. The van der Waals surface area contributed by atoms with Crippen molar-refractivity contribution in [1.29, 1.82) is 0 Å². The number of halogens is 2. The fourth-order valence-electron chi connectivity index (χ4n) is 3.03. The minimum atomic E-state index is -1.07. The van der Waals surface area contributed by atoms with Gasteiger partial charge in [0.25, 0.3) is 5.91 Å². The highest BCUT2D eigenvalue weighted by Gasteiger charge is 2.27. The molecular weight excluding hydrogens is 446 g/mol. The first kappa shape index (κ1) is 24.3. The third-order valence-electron chi connectivity index (χ3n) is 4.77. The molecule has 1 atom stereocenters. The van der Waals surface area contributed by atoms with E-state index in [-0.39, 0.29) is 17.4 Å². The molecule has 0 aliphatic heterocycles. The Bertz CT molecular complexity index is 1200. The van der Waals surface area contributed by atoms with Crippen LogP contribution in [0.2, 0.25) is 0 Å². The Morgan fingerprint density at radius 2 is 1.68 bits per heavy atom. The van der Waals surface area contributed by atoms with Crippen LogP contribution in [0.5, 0.6) is 11.6 Å². The highest BCUT2D eigenvalue weighted by atomic mass is 19.1. The lowest BCUT2D eigenvalue weighted by Gasteiger charge is -2.22. The summed E-state index contributed by atoms with van der Waals surface area (Å²) in [6.45, 7) is 3.36. The number of nitrogens with two attached hydrogens (primary N) is 1. The van der Waals surface area contributed by atoms with Gasteiger partial charge in [-0.1, -0.05) is 26.0 Å². The van der Waals surface area contributed by atoms with E-state index in [1.807, 2.05) is 0 Å². The molecular formula is C24H22F2N4O4. The van der Waals surface area contributed by atoms with E-state index in [1.165, 1.54) is 24.4 Å². The monoisotopic (exact) mass is 468 g/mol. The first-order valence-electron chi connectivity index (χ1n) is 10.2. The molecule has 8 nitrogen and oxygen atoms in total. The maximum atomic E-state index is 13.9. The van der Waals surface area contributed by atoms with Gasteiger partial charge in [0.2, 0.25) is 17.7 Å². The number of nitrogens with one attached hydrogen (secondary N) is 2. The molecule has 0 spiro atoms. The fraction of sp³-hybridized carbons (Fsp3) is 0.167. The summed E-state index contributed by atoms with van der Waals surface area (Å²) in [6.07, 6.45) is 1.33. The number of ether oxygens (including phenoxy) is 1. The van der Waals surface area contributed by atoms with Crippen molar-refractivity contribution in [2.75, 3.05) is 5.32 Å². The molecule has 3 rings (SSSR count). The van der Waals surface area contributed by atoms with Crippen molar-refractivity contribution in [3.05, 3.63) is 83.6 Å². The maximum absolute atomic E-state index is 13.9. The lowest BCUT2D eigenvalue weighted by atomic mass is 10.0. The van der Waals surface area contributed by atoms with E-state index in [1.54, 1.807) is 32.0 Å². The Morgan fingerprint density at radius 3 is 2.26 bits per heavy atom. The summed E-state index contributed by atoms with van der Waals surface area (Å²) in [7, 11) is 0. The SMILES string of the molecule is CC(C)C(NC(=O)c1c(F)cccc1F)C(=O)Nc1ccc(Oc2cccc(C(N)=O)c2)nc1. The van der Waals surface area contributed by atoms with Gasteiger partial charge < -0.3 is 21.1 Å². The Hall–Kier alpha value is -4.34. The number of carbonyl (C=O) groups is 3. The van der Waals surface area contributed by atoms with E-state index in [0.717, 1.165) is 18.2 Å². The third-order valence-corrected chi connectivity index (χ3v) is 4.77. The molecule has 0 aliphatic rings. The number of hydrogen-bond donors (Lipinski definition) is 3. The molecule has 4 N–H and O–H groups in total. The van der Waals surface area contributed by atoms with Gasteiger partial charge in [-0.3, -0.25) is 14.4 Å². The number of hydrogen-bond acceptors (Lipinski definition) is 5. The predicted molar refractivity (Wildman–Crippen MR) is 120 cm³/mol. The molecule has 10 heteroatoms. The van der Waals surface area contributed by atoms with Crippen molar-refractivity contribution in [2.45, 2.75) is 19.9 Å². The van der Waals surface area contributed by atoms with Crippen molar-refractivity contribution in [1.82, 2.24) is 10.3 Å². The molecule has 1 aromatic heterocycles. The molecule has 3 amide bonds. The molecule has 34 heavy (non-hydrogen) atoms. The predicted octanol–water partition coefficient (Wildman–Crippen LogP) is 3.64. The van der Waals surface area contributed by atoms with Gasteiger partial charge in [0.05, 0.1) is 11.9 Å². The summed E-state index contributed by atoms with van der Waals surface area (Å²) >= 11 is 0. The molecule has 1 heterocycles. The van der Waals surface area contributed by atoms with Crippen LogP contribution in [-0.2, 0) is 4.79 Å². The molecule has 2 aromatic carbocycles. The smallest absolute Gasteiger partial charge is 0.257 e. The highest BCUT2D eigenvalue weighted by Crippen LogP contribution is 2.22. The molecule has 0 saturated heterocycles. The van der Waals surface area contributed by atoms with Crippen molar-refractivity contribution in [3.8, 4) is 11.6 Å². The third kappa shape index (κ3) is 5.91. The number of nitrogens with zero attached hydrogens (tertiary/aromatic N) is 1. The number of anilines is 1. The molecule has 0 saturated carbocycles. The van der Waals surface area contributed by atoms with Gasteiger partial charge in [-0.15, -0.1) is 0 Å². The van der Waals surface area contributed by atoms with Gasteiger partial charge in [-0.25, -0.2) is 13.8 Å². The normalized spacial score (nSPS) is 11.6. The summed E-state index contributed by atoms with van der Waals surface area (Å²) in [6, 6.07) is 11.2. The largest absolute Gasteiger partial charge is 0.439 e. The van der Waals surface area contributed by atoms with Crippen LogP contribution in [0.1, 0.15) is 34.6 Å². The van der Waals surface area contributed by atoms with Crippen LogP contribution in [0.4, 0.5) is 14.5 Å². The van der Waals surface area contributed by atoms with Crippen molar-refractivity contribution >= 4 is 23.4 Å². The summed E-state index contributed by atoms with van der Waals surface area (Å²) in [5.41, 5.74) is 5.07. The molecule has 0 bridgehead atoms. The van der Waals surface area contributed by atoms with Gasteiger partial charge in [-0.2, -0.15) is 0 Å². The van der Waals surface area contributed by atoms with E-state index >= 15 is 0 Å². The zero-order valence-electron chi connectivity index (χ0n) is 18.3. The van der Waals surface area contributed by atoms with E-state index in [2.05, 4.69) is 15.6 Å². The van der Waals surface area contributed by atoms with Gasteiger partial charge in [0, 0.05) is 11.6 Å². The lowest BCUT2D eigenvalue weighted by Crippen LogP contribution is -2.47. The van der Waals surface area contributed by atoms with E-state index in [9.17, 15) is 23.2 Å². The van der Waals surface area contributed by atoms with Crippen LogP contribution in [0.15, 0.2) is 60.8 Å². The second kappa shape index (κ2) is 10.5. The van der Waals surface area contributed by atoms with E-state index in [0.29, 0.717) is 11.4 Å². The second-order valence-corrected chi connectivity index (χ2v) is 7.66. The zero-order valence-corrected chi connectivity index (χ0v) is 18.3. The Kier molecular flexibility index (Phi) is 7.52. The average molecular weight is 468 g/mol. The molecule has 0 radical (unpaired) electrons. The number of aromatic nitrogens is 1. The maximum Gasteiger partial charge on any atom is 0.257 e. The minimum Gasteiger partial charge on any atom is -0.439 e. The van der Waals surface area contributed by atoms with Gasteiger partial charge in [-0.05, 0) is 42.3 Å². The average Bonchev–Trinajstić information content (AvgIpc) is 2.78. The summed E-state index contributed by atoms with van der Waals surface area (Å²) in [5.74, 6) is -4.11. The Balaban J connectivity index is 1.67. The number of benzene rings is 2. The summed E-state index contributed by atoms with van der Waals surface area (Å²) < 4.78 is 33.4. The molecule has 1 unspecified atom stereocenters. The second-order valence-electron chi connectivity index (χ2n) is 7.66. The number of primary amides is 1. The van der Waals surface area contributed by atoms with E-state index < -0.39 is 41.0 Å². The van der Waals surface area contributed by atoms with Crippen molar-refractivity contribution < 1.29 is 27.9 Å². The van der Waals surface area contributed by atoms with Crippen molar-refractivity contribution in [3.63, 3.8) is 0 Å². The number of amides is 3. The summed E-state index contributed by atoms with van der Waals surface area (Å²) in [4.78, 5) is 40.5. The van der Waals surface area contributed by atoms with Gasteiger partial charge >= 0.3 is 0 Å². The first-order valence-corrected chi connectivity index (χ1v) is 10.2. The Labute approximate surface area is 194 Å². The van der Waals surface area contributed by atoms with Crippen LogP contribution in [0.3, 0.4) is 0 Å². The molecule has 176 valence electrons. The van der Waals surface area contributed by atoms with Crippen LogP contribution in [-0.4, -0.2) is 28.7 Å². The van der Waals surface area contributed by atoms with Crippen LogP contribution in [0, 0.1) is 17.6 Å². The van der Waals surface area contributed by atoms with Crippen molar-refractivity contribution in [2.24, 2.45) is 11.7 Å². The van der Waals surface area contributed by atoms with E-state index in [4.69, 9.17) is 10.5 Å². The van der Waals surface area contributed by atoms with Crippen LogP contribution < -0.4 is 21.1 Å². The minimum absolute atomic E-state index is 0.198. The fourth-order valence-corrected chi connectivity index (χ4v) is 3.03. The Morgan fingerprint density at radius 1 is 1.00 bits per heavy atom. The lowest BCUT2D eigenvalue weighted by molar-refractivity contribution is -0.118. The topological polar surface area (TPSA) is 123 Å². The number of carbonyl (C=O) groups excluding carboxylic acids is 3. The standard InChI is InChI=1S/C24H22F2N4O4/c1-13(2)21(30-23(32)20-17(25)7-4-8-18(20)26)24(33)29-15-9-10-19(28-12-15)34-16-6-3-5-14(11-16)22(27)31/h3-13,21H,1-2H3,(H2,27,31)(H,29,33)(H,30,32). The molecule has 0 aliphatic carbocycles. The highest BCUT2D eigenvalue weighted by molar-refractivity contribution is 6.01. The van der Waals surface area contributed by atoms with Gasteiger partial charge in [0.1, 0.15) is 29.0 Å². The molecule has 0 fully saturated rings. The zero-order chi connectivity index (χ0) is 24.8. The number of rotatable bonds is 8. The quantitative estimate of drug-likeness (QED) is 0.466. The van der Waals surface area contributed by atoms with Gasteiger partial charge in [0.15, 0.2) is 0 Å².